The molecule has 4 heteroatoms. The first-order chi connectivity index (χ1) is 7.74. The molecule has 1 N–H and O–H groups in total. The third-order valence-electron chi connectivity index (χ3n) is 2.72. The first-order valence-corrected chi connectivity index (χ1v) is 5.56. The summed E-state index contributed by atoms with van der Waals surface area (Å²) in [7, 11) is 0. The van der Waals surface area contributed by atoms with E-state index in [2.05, 4.69) is 5.32 Å². The Labute approximate surface area is 94.3 Å². The lowest BCUT2D eigenvalue weighted by atomic mass is 10.2. The maximum Gasteiger partial charge on any atom is 0.321 e. The molecule has 1 aromatic carbocycles. The molecule has 86 valence electrons. The van der Waals surface area contributed by atoms with Gasteiger partial charge in [-0.1, -0.05) is 19.1 Å². The van der Waals surface area contributed by atoms with Gasteiger partial charge in [-0.2, -0.15) is 0 Å². The smallest absolute Gasteiger partial charge is 0.321 e. The average Bonchev–Trinajstić information content (AvgIpc) is 2.71. The average molecular weight is 222 g/mol. The summed E-state index contributed by atoms with van der Waals surface area (Å²) >= 11 is 0. The number of fused-ring (bicyclic) bond motifs is 1. The molecule has 0 aromatic heterocycles. The van der Waals surface area contributed by atoms with Gasteiger partial charge in [-0.05, 0) is 24.5 Å². The van der Waals surface area contributed by atoms with Gasteiger partial charge in [0, 0.05) is 13.1 Å². The van der Waals surface area contributed by atoms with E-state index in [1.54, 1.807) is 6.07 Å². The minimum atomic E-state index is -0.318. The molecular weight excluding hydrogens is 207 g/mol. The molecule has 2 amide bonds. The number of anilines is 1. The molecule has 1 aromatic rings. The maximum absolute atomic E-state index is 13.6. The van der Waals surface area contributed by atoms with Crippen LogP contribution in [0, 0.1) is 5.82 Å². The van der Waals surface area contributed by atoms with E-state index in [1.165, 1.54) is 11.0 Å². The molecule has 0 spiro atoms. The predicted molar refractivity (Wildman–Crippen MR) is 61.1 cm³/mol. The zero-order valence-corrected chi connectivity index (χ0v) is 9.29. The normalized spacial score (nSPS) is 13.8. The van der Waals surface area contributed by atoms with Crippen molar-refractivity contribution in [2.45, 2.75) is 19.8 Å². The largest absolute Gasteiger partial charge is 0.338 e. The van der Waals surface area contributed by atoms with Crippen molar-refractivity contribution in [1.29, 1.82) is 0 Å². The van der Waals surface area contributed by atoms with E-state index in [1.807, 2.05) is 13.0 Å². The van der Waals surface area contributed by atoms with Gasteiger partial charge in [-0.25, -0.2) is 9.18 Å². The second kappa shape index (κ2) is 4.51. The SMILES string of the molecule is CCCNC(=O)N1CCc2cccc(F)c21. The van der Waals surface area contributed by atoms with Crippen molar-refractivity contribution in [2.75, 3.05) is 18.0 Å². The molecule has 3 nitrogen and oxygen atoms in total. The number of carbonyl (C=O) groups excluding carboxylic acids is 1. The lowest BCUT2D eigenvalue weighted by molar-refractivity contribution is 0.246. The van der Waals surface area contributed by atoms with Crippen molar-refractivity contribution < 1.29 is 9.18 Å². The molecule has 0 atom stereocenters. The number of nitrogens with zero attached hydrogens (tertiary/aromatic N) is 1. The molecule has 0 bridgehead atoms. The number of carbonyl (C=O) groups is 1. The van der Waals surface area contributed by atoms with Crippen LogP contribution in [-0.2, 0) is 6.42 Å². The van der Waals surface area contributed by atoms with Crippen molar-refractivity contribution in [3.63, 3.8) is 0 Å². The zero-order chi connectivity index (χ0) is 11.5. The van der Waals surface area contributed by atoms with Crippen molar-refractivity contribution in [3.05, 3.63) is 29.6 Å². The monoisotopic (exact) mass is 222 g/mol. The Morgan fingerprint density at radius 1 is 1.56 bits per heavy atom. The third kappa shape index (κ3) is 1.87. The molecule has 0 saturated carbocycles. The van der Waals surface area contributed by atoms with Crippen LogP contribution in [0.25, 0.3) is 0 Å². The number of amides is 2. The summed E-state index contributed by atoms with van der Waals surface area (Å²) < 4.78 is 13.6. The fraction of sp³-hybridized carbons (Fsp3) is 0.417. The van der Waals surface area contributed by atoms with E-state index in [-0.39, 0.29) is 11.8 Å². The highest BCUT2D eigenvalue weighted by Gasteiger charge is 2.27. The highest BCUT2D eigenvalue weighted by atomic mass is 19.1. The van der Waals surface area contributed by atoms with E-state index in [0.717, 1.165) is 18.4 Å². The number of hydrogen-bond donors (Lipinski definition) is 1. The van der Waals surface area contributed by atoms with Gasteiger partial charge in [0.25, 0.3) is 0 Å². The van der Waals surface area contributed by atoms with Crippen LogP contribution in [0.15, 0.2) is 18.2 Å². The van der Waals surface area contributed by atoms with Crippen LogP contribution in [0.5, 0.6) is 0 Å². The van der Waals surface area contributed by atoms with Gasteiger partial charge < -0.3 is 5.32 Å². The van der Waals surface area contributed by atoms with Gasteiger partial charge in [0.15, 0.2) is 0 Å². The van der Waals surface area contributed by atoms with Gasteiger partial charge in [-0.3, -0.25) is 4.90 Å². The van der Waals surface area contributed by atoms with Gasteiger partial charge in [0.05, 0.1) is 5.69 Å². The second-order valence-corrected chi connectivity index (χ2v) is 3.88. The van der Waals surface area contributed by atoms with Gasteiger partial charge >= 0.3 is 6.03 Å². The number of para-hydroxylation sites is 1. The molecule has 16 heavy (non-hydrogen) atoms. The molecule has 0 saturated heterocycles. The number of rotatable bonds is 2. The van der Waals surface area contributed by atoms with E-state index in [9.17, 15) is 9.18 Å². The van der Waals surface area contributed by atoms with E-state index < -0.39 is 0 Å². The van der Waals surface area contributed by atoms with Crippen molar-refractivity contribution in [1.82, 2.24) is 5.32 Å². The van der Waals surface area contributed by atoms with Crippen molar-refractivity contribution >= 4 is 11.7 Å². The molecular formula is C12H15FN2O. The van der Waals surface area contributed by atoms with Crippen LogP contribution in [0.4, 0.5) is 14.9 Å². The third-order valence-corrected chi connectivity index (χ3v) is 2.72. The number of nitrogens with one attached hydrogen (secondary N) is 1. The van der Waals surface area contributed by atoms with Gasteiger partial charge in [0.2, 0.25) is 0 Å². The van der Waals surface area contributed by atoms with Crippen LogP contribution >= 0.6 is 0 Å². The molecule has 0 aliphatic carbocycles. The molecule has 2 rings (SSSR count). The fourth-order valence-electron chi connectivity index (χ4n) is 1.94. The molecule has 0 radical (unpaired) electrons. The van der Waals surface area contributed by atoms with Crippen molar-refractivity contribution in [3.8, 4) is 0 Å². The highest BCUT2D eigenvalue weighted by molar-refractivity contribution is 5.94. The summed E-state index contributed by atoms with van der Waals surface area (Å²) in [6.07, 6.45) is 1.61. The topological polar surface area (TPSA) is 32.3 Å². The van der Waals surface area contributed by atoms with Crippen molar-refractivity contribution in [2.24, 2.45) is 0 Å². The Kier molecular flexibility index (Phi) is 3.08. The first-order valence-electron chi connectivity index (χ1n) is 5.56. The predicted octanol–water partition coefficient (Wildman–Crippen LogP) is 2.31. The summed E-state index contributed by atoms with van der Waals surface area (Å²) in [4.78, 5) is 13.3. The summed E-state index contributed by atoms with van der Waals surface area (Å²) in [5.74, 6) is -0.318. The van der Waals surface area contributed by atoms with Crippen LogP contribution in [0.1, 0.15) is 18.9 Å². The molecule has 1 aliphatic heterocycles. The number of urea groups is 1. The Morgan fingerprint density at radius 2 is 2.38 bits per heavy atom. The minimum Gasteiger partial charge on any atom is -0.338 e. The second-order valence-electron chi connectivity index (χ2n) is 3.88. The lowest BCUT2D eigenvalue weighted by Crippen LogP contribution is -2.39. The van der Waals surface area contributed by atoms with Crippen LogP contribution in [0.2, 0.25) is 0 Å². The fourth-order valence-corrected chi connectivity index (χ4v) is 1.94. The van der Waals surface area contributed by atoms with Crippen LogP contribution in [0.3, 0.4) is 0 Å². The summed E-state index contributed by atoms with van der Waals surface area (Å²) in [6, 6.07) is 4.74. The van der Waals surface area contributed by atoms with Gasteiger partial charge in [-0.15, -0.1) is 0 Å². The molecule has 0 unspecified atom stereocenters. The first kappa shape index (κ1) is 10.9. The zero-order valence-electron chi connectivity index (χ0n) is 9.29. The quantitative estimate of drug-likeness (QED) is 0.818. The Balaban J connectivity index is 2.19. The number of halogens is 1. The van der Waals surface area contributed by atoms with Crippen LogP contribution in [-0.4, -0.2) is 19.1 Å². The Morgan fingerprint density at radius 3 is 3.12 bits per heavy atom. The summed E-state index contributed by atoms with van der Waals surface area (Å²) in [5.41, 5.74) is 1.35. The Bertz CT molecular complexity index is 406. The maximum atomic E-state index is 13.6. The number of hydrogen-bond acceptors (Lipinski definition) is 1. The minimum absolute atomic E-state index is 0.203. The van der Waals surface area contributed by atoms with E-state index in [4.69, 9.17) is 0 Å². The van der Waals surface area contributed by atoms with Crippen LogP contribution < -0.4 is 10.2 Å². The number of benzene rings is 1. The highest BCUT2D eigenvalue weighted by Crippen LogP contribution is 2.30. The molecule has 1 heterocycles. The lowest BCUT2D eigenvalue weighted by Gasteiger charge is -2.18. The Hall–Kier alpha value is -1.58. The standard InChI is InChI=1S/C12H15FN2O/c1-2-7-14-12(16)15-8-6-9-4-3-5-10(13)11(9)15/h3-5H,2,6-8H2,1H3,(H,14,16). The molecule has 1 aliphatic rings. The summed E-state index contributed by atoms with van der Waals surface area (Å²) in [5, 5.41) is 2.76. The van der Waals surface area contributed by atoms with E-state index >= 15 is 0 Å². The van der Waals surface area contributed by atoms with E-state index in [0.29, 0.717) is 18.8 Å². The van der Waals surface area contributed by atoms with Gasteiger partial charge in [0.1, 0.15) is 5.82 Å². The molecule has 0 fully saturated rings. The summed E-state index contributed by atoms with van der Waals surface area (Å²) in [6.45, 7) is 3.17.